The monoisotopic (exact) mass is 1600 g/mol. The van der Waals surface area contributed by atoms with Crippen molar-refractivity contribution in [3.05, 3.63) is 105 Å². The highest BCUT2D eigenvalue weighted by atomic mass is 32.2. The molecule has 30 nitrogen and oxygen atoms in total. The van der Waals surface area contributed by atoms with Gasteiger partial charge in [0.1, 0.15) is 53.9 Å². The molecule has 582 valence electrons. The summed E-state index contributed by atoms with van der Waals surface area (Å²) in [6, 6.07) is -21.9. The van der Waals surface area contributed by atoms with E-state index < -0.39 is 342 Å². The molecule has 3 aromatic carbocycles. The van der Waals surface area contributed by atoms with Crippen LogP contribution in [0.25, 0.3) is 33.5 Å². The van der Waals surface area contributed by atoms with Crippen LogP contribution in [-0.4, -0.2) is 250 Å². The van der Waals surface area contributed by atoms with E-state index >= 15 is 0 Å². The summed E-state index contributed by atoms with van der Waals surface area (Å²) in [6.45, 7) is -7.67. The molecule has 108 heavy (non-hydrogen) atoms. The molecule has 6 aliphatic rings. The first kappa shape index (κ1) is 39.9. The summed E-state index contributed by atoms with van der Waals surface area (Å²) in [4.78, 5) is 24.7. The van der Waals surface area contributed by atoms with Crippen LogP contribution >= 0.6 is 35.3 Å². The van der Waals surface area contributed by atoms with Gasteiger partial charge in [0.25, 0.3) is 0 Å². The fourth-order valence-electron chi connectivity index (χ4n) is 9.90. The van der Waals surface area contributed by atoms with E-state index in [9.17, 15) is 59.1 Å². The van der Waals surface area contributed by atoms with Gasteiger partial charge in [-0.15, -0.1) is 15.3 Å². The molecule has 6 aliphatic carbocycles. The number of hydrogen-bond acceptors (Lipinski definition) is 30. The number of aromatic nitrogens is 15. The molecule has 0 radical (unpaired) electrons. The molecule has 0 bridgehead atoms. The molecule has 0 amide bonds. The van der Waals surface area contributed by atoms with Gasteiger partial charge in [0.15, 0.2) is 66.4 Å². The Labute approximate surface area is 697 Å². The highest BCUT2D eigenvalue weighted by Gasteiger charge is 2.49. The highest BCUT2D eigenvalue weighted by molar-refractivity contribution is 7.99. The lowest BCUT2D eigenvalue weighted by molar-refractivity contribution is -0.0629. The first-order valence-electron chi connectivity index (χ1n) is 54.6. The van der Waals surface area contributed by atoms with Gasteiger partial charge in [-0.1, -0.05) is 108 Å². The minimum atomic E-state index is -4.44. The number of anilines is 3. The zero-order valence-corrected chi connectivity index (χ0v) is 58.9. The van der Waals surface area contributed by atoms with Crippen LogP contribution in [0.2, 0.25) is 0 Å². The van der Waals surface area contributed by atoms with Crippen LogP contribution in [-0.2, 0) is 14.2 Å². The SMILES string of the molecule is [2H]c1c([2H])c([C@@]2([2H])[C@H](Nc3nc(SCCC)nc4c3nnn4[C@]3([2H])C([2H])([2H])[C@]([2H])(OCCO)[C@@]([2H])(O)[C@@]3([2H])O)C2([2H])[2H])c([2H])c(F)c1C.[2H]c1c([2H])c([C@]2([2H])C[C@H]2Nc2nc(SC([2H])([2H])C([2H])([2H])C)nc3c2nnn3[C@]2([2H])C([2H])([2H])[C@]([2H])(OC([2H])([2H])C([2H])([2H])O)[C@@]([2H])(O)[C@@]2([2H])O)c([2H])c(F)c1C.[2H]c1c([2H])c([C@]2([2H])C[C@H]2Nc2nc(SC([2H])([2H])C([2H])([2H])C)nc3c2nnn3[C@]2([2H])C([2H])([2H])[C@]([2H])(OC([2H])([2H])CO)[C@@]([2H])(O)[C@@]2([2H])O)c([2H])c(F)c1C. The number of nitrogens with one attached hydrogen (secondary N) is 3. The van der Waals surface area contributed by atoms with Crippen LogP contribution < -0.4 is 16.0 Å². The van der Waals surface area contributed by atoms with E-state index in [2.05, 4.69) is 86.3 Å². The molecule has 0 spiro atoms. The Morgan fingerprint density at radius 3 is 1.26 bits per heavy atom. The van der Waals surface area contributed by atoms with Gasteiger partial charge >= 0.3 is 0 Å². The molecule has 0 aliphatic heterocycles. The second-order valence-electron chi connectivity index (χ2n) is 22.7. The summed E-state index contributed by atoms with van der Waals surface area (Å²) >= 11 is 1.09. The highest BCUT2D eigenvalue weighted by Crippen LogP contribution is 2.48. The molecular weight excluding hydrogens is 1460 g/mol. The molecular formula is C72H93F3N18O12S3. The number of thioether (sulfide) groups is 3. The quantitative estimate of drug-likeness (QED) is 0.0168. The third kappa shape index (κ3) is 17.5. The fraction of sp³-hybridized carbons (Fsp3) is 0.583. The average molecular weight is 1600 g/mol. The molecule has 0 unspecified atom stereocenters. The van der Waals surface area contributed by atoms with Gasteiger partial charge in [0.2, 0.25) is 0 Å². The maximum absolute atomic E-state index is 14.9. The molecule has 12 N–H and O–H groups in total. The van der Waals surface area contributed by atoms with Gasteiger partial charge in [0, 0.05) is 98.1 Å². The second-order valence-corrected chi connectivity index (χ2v) is 25.3. The van der Waals surface area contributed by atoms with Crippen LogP contribution in [0, 0.1) is 38.2 Å². The second kappa shape index (κ2) is 35.1. The Balaban J connectivity index is 0.000000192. The van der Waals surface area contributed by atoms with Crippen LogP contribution in [0.5, 0.6) is 0 Å². The number of nitrogens with zero attached hydrogens (tertiary/aromatic N) is 15. The summed E-state index contributed by atoms with van der Waals surface area (Å²) in [5, 5.41) is 124. The summed E-state index contributed by atoms with van der Waals surface area (Å²) in [5.41, 5.74) is -12.3. The van der Waals surface area contributed by atoms with E-state index in [1.54, 1.807) is 0 Å². The topological polar surface area (TPSA) is 415 Å². The predicted octanol–water partition coefficient (Wildman–Crippen LogP) is 6.55. The largest absolute Gasteiger partial charge is 0.394 e. The molecule has 0 saturated heterocycles. The third-order valence-corrected chi connectivity index (χ3v) is 17.8. The molecule has 6 heterocycles. The van der Waals surface area contributed by atoms with Crippen molar-refractivity contribution in [2.75, 3.05) is 72.6 Å². The first-order valence-corrected chi connectivity index (χ1v) is 34.3. The number of halogens is 3. The Bertz CT molecular complexity index is 7030. The summed E-state index contributed by atoms with van der Waals surface area (Å²) in [6.07, 6.45) is -56.7. The number of ether oxygens (including phenoxy) is 3. The molecule has 6 aromatic heterocycles. The predicted molar refractivity (Wildman–Crippen MR) is 398 cm³/mol. The minimum absolute atomic E-state index is 0.0140. The number of aliphatic hydroxyl groups is 9. The van der Waals surface area contributed by atoms with Gasteiger partial charge < -0.3 is 76.1 Å². The van der Waals surface area contributed by atoms with Crippen LogP contribution in [0.3, 0.4) is 0 Å². The fourth-order valence-corrected chi connectivity index (χ4v) is 11.5. The molecule has 9 aromatic rings. The van der Waals surface area contributed by atoms with Crippen LogP contribution in [0.4, 0.5) is 30.6 Å². The first-order chi connectivity index (χ1) is 69.3. The molecule has 6 saturated carbocycles. The molecule has 36 heteroatoms. The van der Waals surface area contributed by atoms with Gasteiger partial charge in [-0.25, -0.2) is 57.1 Å². The lowest BCUT2D eigenvalue weighted by Gasteiger charge is -2.17. The molecule has 6 fully saturated rings. The molecule has 18 atom stereocenters. The van der Waals surface area contributed by atoms with E-state index in [1.807, 2.05) is 6.92 Å². The average Bonchev–Trinajstić information content (AvgIpc) is 1.60. The van der Waals surface area contributed by atoms with Gasteiger partial charge in [-0.3, -0.25) is 0 Å². The maximum atomic E-state index is 14.9. The zero-order chi connectivity index (χ0) is 118. The van der Waals surface area contributed by atoms with Crippen molar-refractivity contribution < 1.29 is 136 Å². The van der Waals surface area contributed by atoms with Crippen molar-refractivity contribution in [1.82, 2.24) is 74.9 Å². The zero-order valence-electron chi connectivity index (χ0n) is 102. The van der Waals surface area contributed by atoms with E-state index in [4.69, 9.17) is 67.8 Å². The minimum Gasteiger partial charge on any atom is -0.394 e. The molecule has 15 rings (SSSR count). The number of fused-ring (bicyclic) bond motifs is 3. The number of benzene rings is 3. The van der Waals surface area contributed by atoms with Gasteiger partial charge in [-0.05, 0) is 111 Å². The van der Waals surface area contributed by atoms with Gasteiger partial charge in [-0.2, -0.15) is 0 Å². The number of aliphatic hydroxyl groups excluding tert-OH is 2. The standard InChI is InChI=1S/3C24H31FN6O4S/c3*1-3-8-36-24-27-22(26-16-10-14(16)13-5-4-12(2)15(25)9-13)19-23(28-24)31(30-29-19)17-11-18(35-7-6-32)21(34)20(17)33/h3*4-5,9,14,16-18,20-21,32-34H,3,6-8,10-11H2,1-2H3,(H,26,27,28)/t3*14-,16+,17+,18-,20-,21+/m000/s1/i3D2,4D,5D,6D2,7D2,8D2,9D,11D2,14D,17D,18D,20D,21D;3D2,4D,5D,7D2,8D2,9D,11D2,14D,17D,18D,20D,21D;4D,5D,9D,10D2,11D2,14D,17D,18D,20D,21D. The van der Waals surface area contributed by atoms with E-state index in [1.165, 1.54) is 20.8 Å². The van der Waals surface area contributed by atoms with Crippen molar-refractivity contribution in [1.29, 1.82) is 0 Å². The Kier molecular flexibility index (Phi) is 12.9. The van der Waals surface area contributed by atoms with Crippen LogP contribution in [0.1, 0.15) is 210 Å². The number of hydrogen-bond donors (Lipinski definition) is 12. The maximum Gasteiger partial charge on any atom is 0.191 e. The Hall–Kier alpha value is -7.14. The Morgan fingerprint density at radius 1 is 0.500 bits per heavy atom. The lowest BCUT2D eigenvalue weighted by Crippen LogP contribution is -2.33. The van der Waals surface area contributed by atoms with E-state index in [0.29, 0.717) is 12.2 Å². The van der Waals surface area contributed by atoms with E-state index in [0.717, 1.165) is 25.6 Å². The summed E-state index contributed by atoms with van der Waals surface area (Å²) in [5.74, 6) is -10.9. The van der Waals surface area contributed by atoms with E-state index in [-0.39, 0.29) is 78.1 Å². The van der Waals surface area contributed by atoms with Crippen molar-refractivity contribution in [3.63, 3.8) is 0 Å². The smallest absolute Gasteiger partial charge is 0.191 e. The van der Waals surface area contributed by atoms with Crippen molar-refractivity contribution >= 4 is 86.2 Å². The van der Waals surface area contributed by atoms with Crippen LogP contribution in [0.15, 0.2) is 69.9 Å². The Morgan fingerprint density at radius 2 is 0.880 bits per heavy atom. The summed E-state index contributed by atoms with van der Waals surface area (Å²) in [7, 11) is 0. The van der Waals surface area contributed by atoms with Crippen molar-refractivity contribution in [2.45, 2.75) is 223 Å². The third-order valence-electron chi connectivity index (χ3n) is 15.4. The van der Waals surface area contributed by atoms with Crippen molar-refractivity contribution in [2.24, 2.45) is 0 Å². The normalized spacial score (nSPS) is 46.8. The van der Waals surface area contributed by atoms with Gasteiger partial charge in [0.05, 0.1) is 113 Å². The number of rotatable bonds is 30. The van der Waals surface area contributed by atoms with Crippen molar-refractivity contribution in [3.8, 4) is 0 Å². The summed E-state index contributed by atoms with van der Waals surface area (Å²) < 4.78 is 442. The lowest BCUT2D eigenvalue weighted by atomic mass is 10.1.